The van der Waals surface area contributed by atoms with E-state index in [9.17, 15) is 0 Å². The second kappa shape index (κ2) is 5.85. The zero-order valence-electron chi connectivity index (χ0n) is 8.66. The molecule has 88 valence electrons. The molecular weight excluding hydrogens is 369 g/mol. The van der Waals surface area contributed by atoms with Crippen LogP contribution in [0.15, 0.2) is 41.1 Å². The Morgan fingerprint density at radius 3 is 2.76 bits per heavy atom. The number of aromatic nitrogens is 1. The smallest absolute Gasteiger partial charge is 0.147 e. The van der Waals surface area contributed by atoms with E-state index in [1.54, 1.807) is 18.5 Å². The molecule has 0 aliphatic carbocycles. The summed E-state index contributed by atoms with van der Waals surface area (Å²) in [5.41, 5.74) is 1.05. The van der Waals surface area contributed by atoms with Crippen LogP contribution in [0.2, 0.25) is 5.02 Å². The van der Waals surface area contributed by atoms with Gasteiger partial charge in [0.05, 0.1) is 11.2 Å². The van der Waals surface area contributed by atoms with Crippen molar-refractivity contribution >= 4 is 43.5 Å². The second-order valence-electron chi connectivity index (χ2n) is 3.33. The van der Waals surface area contributed by atoms with E-state index in [1.807, 2.05) is 18.2 Å². The van der Waals surface area contributed by atoms with Crippen LogP contribution in [0.25, 0.3) is 0 Å². The first-order valence-corrected chi connectivity index (χ1v) is 7.11. The Hall–Kier alpha value is -0.580. The lowest BCUT2D eigenvalue weighted by atomic mass is 10.2. The number of ether oxygens (including phenoxy) is 1. The Morgan fingerprint density at radius 2 is 2.06 bits per heavy atom. The van der Waals surface area contributed by atoms with Crippen LogP contribution in [0.5, 0.6) is 11.5 Å². The van der Waals surface area contributed by atoms with Crippen LogP contribution in [0.1, 0.15) is 5.56 Å². The van der Waals surface area contributed by atoms with Gasteiger partial charge in [0.2, 0.25) is 0 Å². The lowest BCUT2D eigenvalue weighted by Gasteiger charge is -2.09. The normalized spacial score (nSPS) is 10.3. The molecule has 1 heterocycles. The summed E-state index contributed by atoms with van der Waals surface area (Å²) in [5, 5.41) is 1.27. The van der Waals surface area contributed by atoms with E-state index < -0.39 is 0 Å². The van der Waals surface area contributed by atoms with E-state index in [2.05, 4.69) is 36.8 Å². The predicted molar refractivity (Wildman–Crippen MR) is 76.1 cm³/mol. The van der Waals surface area contributed by atoms with Crippen molar-refractivity contribution in [3.05, 3.63) is 51.7 Å². The molecule has 0 N–H and O–H groups in total. The van der Waals surface area contributed by atoms with E-state index in [4.69, 9.17) is 16.3 Å². The highest BCUT2D eigenvalue weighted by atomic mass is 79.9. The molecule has 0 aliphatic heterocycles. The molecule has 2 rings (SSSR count). The lowest BCUT2D eigenvalue weighted by Crippen LogP contribution is -1.90. The van der Waals surface area contributed by atoms with Crippen LogP contribution in [0.4, 0.5) is 0 Å². The van der Waals surface area contributed by atoms with Gasteiger partial charge in [0.25, 0.3) is 0 Å². The largest absolute Gasteiger partial charge is 0.455 e. The van der Waals surface area contributed by atoms with Gasteiger partial charge in [0, 0.05) is 27.6 Å². The molecule has 5 heteroatoms. The molecule has 0 bridgehead atoms. The maximum Gasteiger partial charge on any atom is 0.147 e. The van der Waals surface area contributed by atoms with Crippen LogP contribution in [0, 0.1) is 0 Å². The van der Waals surface area contributed by atoms with Gasteiger partial charge in [-0.25, -0.2) is 0 Å². The first-order chi connectivity index (χ1) is 8.19. The van der Waals surface area contributed by atoms with Crippen molar-refractivity contribution in [1.29, 1.82) is 0 Å². The van der Waals surface area contributed by atoms with Gasteiger partial charge in [-0.1, -0.05) is 43.5 Å². The molecule has 0 unspecified atom stereocenters. The van der Waals surface area contributed by atoms with Crippen LogP contribution < -0.4 is 4.74 Å². The third-order valence-electron chi connectivity index (χ3n) is 2.07. The Bertz CT molecular complexity index is 534. The van der Waals surface area contributed by atoms with Gasteiger partial charge in [-0.3, -0.25) is 4.98 Å². The monoisotopic (exact) mass is 375 g/mol. The number of halogens is 3. The highest BCUT2D eigenvalue weighted by Gasteiger charge is 2.05. The Labute approximate surface area is 121 Å². The highest BCUT2D eigenvalue weighted by Crippen LogP contribution is 2.30. The number of pyridine rings is 1. The van der Waals surface area contributed by atoms with Crippen molar-refractivity contribution in [1.82, 2.24) is 4.98 Å². The third kappa shape index (κ3) is 3.44. The van der Waals surface area contributed by atoms with E-state index in [0.717, 1.165) is 21.1 Å². The average molecular weight is 377 g/mol. The molecule has 2 aromatic rings. The number of hydrogen-bond donors (Lipinski definition) is 0. The fourth-order valence-electron chi connectivity index (χ4n) is 1.33. The molecule has 0 atom stereocenters. The first kappa shape index (κ1) is 12.9. The summed E-state index contributed by atoms with van der Waals surface area (Å²) < 4.78 is 6.76. The minimum absolute atomic E-state index is 0.556. The highest BCUT2D eigenvalue weighted by molar-refractivity contribution is 9.10. The van der Waals surface area contributed by atoms with Gasteiger partial charge in [-0.2, -0.15) is 0 Å². The molecule has 0 amide bonds. The van der Waals surface area contributed by atoms with Crippen molar-refractivity contribution in [3.8, 4) is 11.5 Å². The number of nitrogens with zero attached hydrogens (tertiary/aromatic N) is 1. The van der Waals surface area contributed by atoms with Gasteiger partial charge in [0.1, 0.15) is 11.5 Å². The summed E-state index contributed by atoms with van der Waals surface area (Å²) in [6.07, 6.45) is 3.20. The van der Waals surface area contributed by atoms with Gasteiger partial charge < -0.3 is 4.74 Å². The van der Waals surface area contributed by atoms with Crippen molar-refractivity contribution < 1.29 is 4.74 Å². The molecule has 17 heavy (non-hydrogen) atoms. The zero-order chi connectivity index (χ0) is 12.3. The number of hydrogen-bond acceptors (Lipinski definition) is 2. The lowest BCUT2D eigenvalue weighted by molar-refractivity contribution is 0.476. The number of alkyl halides is 1. The van der Waals surface area contributed by atoms with E-state index in [0.29, 0.717) is 10.8 Å². The molecule has 0 fully saturated rings. The quantitative estimate of drug-likeness (QED) is 0.687. The number of rotatable bonds is 3. The summed E-state index contributed by atoms with van der Waals surface area (Å²) in [5.74, 6) is 1.41. The van der Waals surface area contributed by atoms with Gasteiger partial charge in [-0.05, 0) is 18.2 Å². The second-order valence-corrected chi connectivity index (χ2v) is 5.24. The minimum Gasteiger partial charge on any atom is -0.455 e. The summed E-state index contributed by atoms with van der Waals surface area (Å²) in [6.45, 7) is 0. The van der Waals surface area contributed by atoms with Crippen LogP contribution in [0.3, 0.4) is 0 Å². The van der Waals surface area contributed by atoms with E-state index >= 15 is 0 Å². The predicted octanol–water partition coefficient (Wildman–Crippen LogP) is 5.18. The zero-order valence-corrected chi connectivity index (χ0v) is 12.6. The number of benzene rings is 1. The minimum atomic E-state index is 0.556. The van der Waals surface area contributed by atoms with Crippen molar-refractivity contribution in [2.45, 2.75) is 5.33 Å². The maximum absolute atomic E-state index is 5.85. The fourth-order valence-corrected chi connectivity index (χ4v) is 2.34. The molecule has 0 spiro atoms. The standard InChI is InChI=1S/C12H8Br2ClNO/c13-5-8-3-9(14)1-2-12(8)17-11-4-10(15)6-16-7-11/h1-4,6-7H,5H2. The molecule has 2 nitrogen and oxygen atoms in total. The molecule has 1 aromatic heterocycles. The van der Waals surface area contributed by atoms with Crippen molar-refractivity contribution in [3.63, 3.8) is 0 Å². The third-order valence-corrected chi connectivity index (χ3v) is 3.38. The Kier molecular flexibility index (Phi) is 4.42. The summed E-state index contributed by atoms with van der Waals surface area (Å²) >= 11 is 12.7. The van der Waals surface area contributed by atoms with Gasteiger partial charge >= 0.3 is 0 Å². The maximum atomic E-state index is 5.85. The summed E-state index contributed by atoms with van der Waals surface area (Å²) in [7, 11) is 0. The Morgan fingerprint density at radius 1 is 1.24 bits per heavy atom. The van der Waals surface area contributed by atoms with Crippen molar-refractivity contribution in [2.24, 2.45) is 0 Å². The summed E-state index contributed by atoms with van der Waals surface area (Å²) in [6, 6.07) is 7.57. The molecule has 0 saturated carbocycles. The van der Waals surface area contributed by atoms with Crippen LogP contribution in [-0.2, 0) is 5.33 Å². The first-order valence-electron chi connectivity index (χ1n) is 4.82. The molecule has 0 saturated heterocycles. The molecule has 0 radical (unpaired) electrons. The van der Waals surface area contributed by atoms with Gasteiger partial charge in [0.15, 0.2) is 0 Å². The van der Waals surface area contributed by atoms with E-state index in [-0.39, 0.29) is 0 Å². The average Bonchev–Trinajstić information content (AvgIpc) is 2.31. The van der Waals surface area contributed by atoms with Crippen LogP contribution >= 0.6 is 43.5 Å². The van der Waals surface area contributed by atoms with E-state index in [1.165, 1.54) is 0 Å². The van der Waals surface area contributed by atoms with Gasteiger partial charge in [-0.15, -0.1) is 0 Å². The molecule has 0 aliphatic rings. The summed E-state index contributed by atoms with van der Waals surface area (Å²) in [4.78, 5) is 3.98. The van der Waals surface area contributed by atoms with Crippen LogP contribution in [-0.4, -0.2) is 4.98 Å². The molecular formula is C12H8Br2ClNO. The Balaban J connectivity index is 2.29. The molecule has 1 aromatic carbocycles. The topological polar surface area (TPSA) is 22.1 Å². The SMILES string of the molecule is Clc1cncc(Oc2ccc(Br)cc2CBr)c1. The fraction of sp³-hybridized carbons (Fsp3) is 0.0833. The van der Waals surface area contributed by atoms with Crippen molar-refractivity contribution in [2.75, 3.05) is 0 Å².